The van der Waals surface area contributed by atoms with Crippen LogP contribution in [0, 0.1) is 0 Å². The number of ether oxygens (including phenoxy) is 1. The first-order chi connectivity index (χ1) is 23.8. The fourth-order valence-electron chi connectivity index (χ4n) is 4.45. The Morgan fingerprint density at radius 1 is 0.920 bits per heavy atom. The summed E-state index contributed by atoms with van der Waals surface area (Å²) >= 11 is 6.00. The third-order valence-corrected chi connectivity index (χ3v) is 7.33. The van der Waals surface area contributed by atoms with Crippen LogP contribution >= 0.6 is 11.6 Å². The van der Waals surface area contributed by atoms with Gasteiger partial charge in [0.1, 0.15) is 6.04 Å². The maximum Gasteiger partial charge on any atom is 0.422 e. The highest BCUT2D eigenvalue weighted by Gasteiger charge is 2.45. The molecule has 5 rings (SSSR count). The van der Waals surface area contributed by atoms with Crippen molar-refractivity contribution in [1.29, 1.82) is 0 Å². The number of carbonyl (C=O) groups excluding carboxylic acids is 3. The Balaban J connectivity index is 1.23. The minimum absolute atomic E-state index is 0.0216. The zero-order valence-electron chi connectivity index (χ0n) is 25.6. The number of amides is 3. The number of hydrogen-bond donors (Lipinski definition) is 6. The topological polar surface area (TPSA) is 209 Å². The van der Waals surface area contributed by atoms with Crippen LogP contribution in [-0.4, -0.2) is 74.1 Å². The quantitative estimate of drug-likeness (QED) is 0.110. The number of carboxylic acid groups (broad SMARTS) is 1. The SMILES string of the molecule is O=C(NC[C@H](NC(=O)c1ccc(Nc2nc(NC3(c4ccc(Cl)cc4)CC3)nc(OCC(F)(F)F)n2)cc1)C(=O)O)C(=O)Nc1cccnc1. The number of nitrogens with zero attached hydrogens (tertiary/aromatic N) is 4. The normalized spacial score (nSPS) is 13.7. The summed E-state index contributed by atoms with van der Waals surface area (Å²) < 4.78 is 43.5. The van der Waals surface area contributed by atoms with Crippen molar-refractivity contribution in [3.05, 3.63) is 89.2 Å². The van der Waals surface area contributed by atoms with Gasteiger partial charge in [0.2, 0.25) is 11.9 Å². The van der Waals surface area contributed by atoms with Crippen molar-refractivity contribution in [2.24, 2.45) is 0 Å². The van der Waals surface area contributed by atoms with Gasteiger partial charge < -0.3 is 36.4 Å². The molecular weight excluding hydrogens is 687 g/mol. The number of aliphatic carboxylic acids is 1. The number of carboxylic acids is 1. The first kappa shape index (κ1) is 35.3. The third-order valence-electron chi connectivity index (χ3n) is 7.08. The van der Waals surface area contributed by atoms with Crippen LogP contribution in [0.4, 0.5) is 36.4 Å². The number of nitrogens with one attached hydrogen (secondary N) is 5. The predicted molar refractivity (Wildman–Crippen MR) is 172 cm³/mol. The van der Waals surface area contributed by atoms with Gasteiger partial charge in [-0.1, -0.05) is 23.7 Å². The zero-order valence-corrected chi connectivity index (χ0v) is 26.4. The fourth-order valence-corrected chi connectivity index (χ4v) is 4.57. The minimum Gasteiger partial charge on any atom is -0.480 e. The van der Waals surface area contributed by atoms with E-state index >= 15 is 0 Å². The molecule has 19 heteroatoms. The second-order valence-corrected chi connectivity index (χ2v) is 11.3. The van der Waals surface area contributed by atoms with E-state index in [1.807, 2.05) is 12.1 Å². The van der Waals surface area contributed by atoms with Crippen LogP contribution in [0.3, 0.4) is 0 Å². The van der Waals surface area contributed by atoms with Crippen LogP contribution in [0.15, 0.2) is 73.1 Å². The van der Waals surface area contributed by atoms with E-state index in [-0.39, 0.29) is 23.1 Å². The lowest BCUT2D eigenvalue weighted by Crippen LogP contribution is -2.50. The Morgan fingerprint density at radius 3 is 2.24 bits per heavy atom. The molecule has 0 bridgehead atoms. The molecule has 3 amide bonds. The number of rotatable bonds is 13. The predicted octanol–water partition coefficient (Wildman–Crippen LogP) is 3.64. The molecular formula is C31H27ClF3N9O6. The van der Waals surface area contributed by atoms with Crippen molar-refractivity contribution in [3.8, 4) is 6.01 Å². The van der Waals surface area contributed by atoms with Crippen LogP contribution in [0.5, 0.6) is 6.01 Å². The second kappa shape index (κ2) is 15.0. The van der Waals surface area contributed by atoms with Crippen LogP contribution in [0.1, 0.15) is 28.8 Å². The average Bonchev–Trinajstić information content (AvgIpc) is 3.86. The highest BCUT2D eigenvalue weighted by atomic mass is 35.5. The summed E-state index contributed by atoms with van der Waals surface area (Å²) in [4.78, 5) is 64.8. The monoisotopic (exact) mass is 713 g/mol. The minimum atomic E-state index is -4.65. The Kier molecular flexibility index (Phi) is 10.6. The van der Waals surface area contributed by atoms with Crippen molar-refractivity contribution in [2.75, 3.05) is 29.1 Å². The van der Waals surface area contributed by atoms with Crippen molar-refractivity contribution in [2.45, 2.75) is 30.6 Å². The number of pyridine rings is 1. The maximum absolute atomic E-state index is 12.9. The van der Waals surface area contributed by atoms with Crippen LogP contribution < -0.4 is 31.3 Å². The zero-order chi connectivity index (χ0) is 35.9. The van der Waals surface area contributed by atoms with Crippen molar-refractivity contribution in [3.63, 3.8) is 0 Å². The molecule has 2 aromatic heterocycles. The third kappa shape index (κ3) is 9.75. The van der Waals surface area contributed by atoms with Gasteiger partial charge in [-0.05, 0) is 66.9 Å². The lowest BCUT2D eigenvalue weighted by atomic mass is 10.1. The number of anilines is 4. The van der Waals surface area contributed by atoms with Gasteiger partial charge in [0.25, 0.3) is 5.91 Å². The number of aromatic nitrogens is 4. The van der Waals surface area contributed by atoms with Gasteiger partial charge >= 0.3 is 30.0 Å². The van der Waals surface area contributed by atoms with Gasteiger partial charge in [0, 0.05) is 29.0 Å². The van der Waals surface area contributed by atoms with E-state index < -0.39 is 60.6 Å². The molecule has 0 unspecified atom stereocenters. The summed E-state index contributed by atoms with van der Waals surface area (Å²) in [5, 5.41) is 22.8. The molecule has 4 aromatic rings. The lowest BCUT2D eigenvalue weighted by Gasteiger charge is -2.19. The summed E-state index contributed by atoms with van der Waals surface area (Å²) in [5.74, 6) is -4.71. The van der Waals surface area contributed by atoms with Gasteiger partial charge in [0.15, 0.2) is 6.61 Å². The smallest absolute Gasteiger partial charge is 0.422 e. The first-order valence-corrected chi connectivity index (χ1v) is 15.1. The highest BCUT2D eigenvalue weighted by molar-refractivity contribution is 6.39. The molecule has 0 saturated heterocycles. The van der Waals surface area contributed by atoms with Crippen molar-refractivity contribution in [1.82, 2.24) is 30.6 Å². The van der Waals surface area contributed by atoms with Gasteiger partial charge in [-0.25, -0.2) is 4.79 Å². The largest absolute Gasteiger partial charge is 0.480 e. The molecule has 1 atom stereocenters. The molecule has 6 N–H and O–H groups in total. The first-order valence-electron chi connectivity index (χ1n) is 14.7. The highest BCUT2D eigenvalue weighted by Crippen LogP contribution is 2.48. The molecule has 1 aliphatic carbocycles. The standard InChI is InChI=1S/C31H27ClF3N9O6/c32-19-7-5-18(6-8-19)30(11-12-30)44-28-41-27(42-29(43-28)50-16-31(33,34)35)39-20-9-3-17(4-10-20)23(45)40-22(26(48)49)15-37-24(46)25(47)38-21-2-1-13-36-14-21/h1-10,13-14,22H,11-12,15-16H2,(H,37,46)(H,38,47)(H,40,45)(H,48,49)(H2,39,41,42,43,44)/t22-/m0/s1. The van der Waals surface area contributed by atoms with E-state index in [0.717, 1.165) is 5.56 Å². The summed E-state index contributed by atoms with van der Waals surface area (Å²) in [7, 11) is 0. The van der Waals surface area contributed by atoms with E-state index in [9.17, 15) is 37.5 Å². The molecule has 1 saturated carbocycles. The number of benzene rings is 2. The van der Waals surface area contributed by atoms with Gasteiger partial charge in [-0.15, -0.1) is 0 Å². The molecule has 2 aromatic carbocycles. The summed E-state index contributed by atoms with van der Waals surface area (Å²) in [6, 6.07) is 13.4. The summed E-state index contributed by atoms with van der Waals surface area (Å²) in [5.41, 5.74) is 0.886. The number of alkyl halides is 3. The van der Waals surface area contributed by atoms with Gasteiger partial charge in [0.05, 0.1) is 17.4 Å². The molecule has 15 nitrogen and oxygen atoms in total. The van der Waals surface area contributed by atoms with Crippen LogP contribution in [0.25, 0.3) is 0 Å². The Bertz CT molecular complexity index is 1860. The molecule has 2 heterocycles. The fraction of sp³-hybridized carbons (Fsp3) is 0.226. The van der Waals surface area contributed by atoms with Crippen molar-refractivity contribution >= 4 is 58.6 Å². The summed E-state index contributed by atoms with van der Waals surface area (Å²) in [6.45, 7) is -2.24. The number of carbonyl (C=O) groups is 4. The molecule has 1 aliphatic rings. The van der Waals surface area contributed by atoms with Crippen molar-refractivity contribution < 1.29 is 42.2 Å². The molecule has 0 radical (unpaired) electrons. The number of hydrogen-bond acceptors (Lipinski definition) is 11. The second-order valence-electron chi connectivity index (χ2n) is 10.9. The summed E-state index contributed by atoms with van der Waals surface area (Å²) in [6.07, 6.45) is -0.481. The Morgan fingerprint density at radius 2 is 1.62 bits per heavy atom. The van der Waals surface area contributed by atoms with Gasteiger partial charge in [-0.3, -0.25) is 19.4 Å². The molecule has 0 spiro atoms. The number of halogens is 4. The molecule has 260 valence electrons. The van der Waals surface area contributed by atoms with Crippen LogP contribution in [0.2, 0.25) is 5.02 Å². The Labute approximate surface area is 286 Å². The van der Waals surface area contributed by atoms with Crippen LogP contribution in [-0.2, 0) is 19.9 Å². The van der Waals surface area contributed by atoms with E-state index in [2.05, 4.69) is 46.5 Å². The van der Waals surface area contributed by atoms with E-state index in [0.29, 0.717) is 23.6 Å². The molecule has 1 fully saturated rings. The van der Waals surface area contributed by atoms with E-state index in [1.165, 1.54) is 48.8 Å². The average molecular weight is 714 g/mol. The molecule has 50 heavy (non-hydrogen) atoms. The van der Waals surface area contributed by atoms with E-state index in [4.69, 9.17) is 16.3 Å². The van der Waals surface area contributed by atoms with E-state index in [1.54, 1.807) is 12.1 Å². The maximum atomic E-state index is 12.9. The lowest BCUT2D eigenvalue weighted by molar-refractivity contribution is -0.154. The molecule has 0 aliphatic heterocycles. The van der Waals surface area contributed by atoms with Gasteiger partial charge in [-0.2, -0.15) is 28.1 Å². The Hall–Kier alpha value is -6.04.